The second kappa shape index (κ2) is 5.14. The predicted molar refractivity (Wildman–Crippen MR) is 69.7 cm³/mol. The van der Waals surface area contributed by atoms with E-state index in [2.05, 4.69) is 25.9 Å². The Bertz CT molecular complexity index is 514. The molecule has 1 aromatic carbocycles. The first-order chi connectivity index (χ1) is 8.15. The van der Waals surface area contributed by atoms with Crippen LogP contribution in [0.1, 0.15) is 11.3 Å². The SMILES string of the molecule is Cc1cc(OCc2cnc(N)cn2)ccc1Br. The second-order valence-corrected chi connectivity index (χ2v) is 4.49. The van der Waals surface area contributed by atoms with Crippen molar-refractivity contribution in [1.82, 2.24) is 9.97 Å². The second-order valence-electron chi connectivity index (χ2n) is 3.63. The van der Waals surface area contributed by atoms with Gasteiger partial charge in [0.1, 0.15) is 18.2 Å². The number of aromatic nitrogens is 2. The minimum absolute atomic E-state index is 0.383. The van der Waals surface area contributed by atoms with Crippen molar-refractivity contribution in [3.63, 3.8) is 0 Å². The lowest BCUT2D eigenvalue weighted by atomic mass is 10.2. The number of rotatable bonds is 3. The number of ether oxygens (including phenoxy) is 1. The van der Waals surface area contributed by atoms with Crippen molar-refractivity contribution in [2.75, 3.05) is 5.73 Å². The highest BCUT2D eigenvalue weighted by Gasteiger charge is 2.00. The van der Waals surface area contributed by atoms with Gasteiger partial charge in [0.05, 0.1) is 18.1 Å². The molecule has 4 nitrogen and oxygen atoms in total. The molecule has 5 heteroatoms. The third kappa shape index (κ3) is 3.17. The number of hydrogen-bond donors (Lipinski definition) is 1. The average molecular weight is 294 g/mol. The molecule has 0 spiro atoms. The summed E-state index contributed by atoms with van der Waals surface area (Å²) in [5.74, 6) is 1.22. The number of nitrogens with zero attached hydrogens (tertiary/aromatic N) is 2. The summed E-state index contributed by atoms with van der Waals surface area (Å²) >= 11 is 3.44. The monoisotopic (exact) mass is 293 g/mol. The van der Waals surface area contributed by atoms with Gasteiger partial charge in [-0.15, -0.1) is 0 Å². The molecule has 0 saturated carbocycles. The fraction of sp³-hybridized carbons (Fsp3) is 0.167. The summed E-state index contributed by atoms with van der Waals surface area (Å²) in [6.45, 7) is 2.40. The van der Waals surface area contributed by atoms with Crippen LogP contribution in [0, 0.1) is 6.92 Å². The molecule has 0 fully saturated rings. The van der Waals surface area contributed by atoms with Gasteiger partial charge >= 0.3 is 0 Å². The topological polar surface area (TPSA) is 61.0 Å². The van der Waals surface area contributed by atoms with Gasteiger partial charge in [0.15, 0.2) is 0 Å². The Morgan fingerprint density at radius 2 is 2.12 bits per heavy atom. The van der Waals surface area contributed by atoms with Crippen LogP contribution in [0.25, 0.3) is 0 Å². The highest BCUT2D eigenvalue weighted by molar-refractivity contribution is 9.10. The maximum Gasteiger partial charge on any atom is 0.141 e. The van der Waals surface area contributed by atoms with E-state index in [1.54, 1.807) is 6.20 Å². The van der Waals surface area contributed by atoms with Crippen LogP contribution in [0.2, 0.25) is 0 Å². The summed E-state index contributed by atoms with van der Waals surface area (Å²) in [4.78, 5) is 8.06. The molecular formula is C12H12BrN3O. The lowest BCUT2D eigenvalue weighted by Crippen LogP contribution is -2.00. The van der Waals surface area contributed by atoms with E-state index in [0.29, 0.717) is 12.4 Å². The summed E-state index contributed by atoms with van der Waals surface area (Å²) in [6.07, 6.45) is 3.13. The first-order valence-electron chi connectivity index (χ1n) is 5.10. The predicted octanol–water partition coefficient (Wildman–Crippen LogP) is 2.71. The van der Waals surface area contributed by atoms with Crippen LogP contribution in [0.15, 0.2) is 35.1 Å². The molecule has 0 atom stereocenters. The molecule has 17 heavy (non-hydrogen) atoms. The largest absolute Gasteiger partial charge is 0.487 e. The van der Waals surface area contributed by atoms with E-state index in [9.17, 15) is 0 Å². The average Bonchev–Trinajstić information content (AvgIpc) is 2.33. The van der Waals surface area contributed by atoms with Crippen LogP contribution in [-0.2, 0) is 6.61 Å². The number of benzene rings is 1. The molecule has 1 aromatic heterocycles. The number of nitrogens with two attached hydrogens (primary N) is 1. The number of halogens is 1. The van der Waals surface area contributed by atoms with Crippen LogP contribution in [0.3, 0.4) is 0 Å². The van der Waals surface area contributed by atoms with Crippen molar-refractivity contribution >= 4 is 21.7 Å². The molecule has 2 N–H and O–H groups in total. The number of nitrogen functional groups attached to an aromatic ring is 1. The van der Waals surface area contributed by atoms with Crippen LogP contribution in [0.5, 0.6) is 5.75 Å². The van der Waals surface area contributed by atoms with E-state index in [1.165, 1.54) is 6.20 Å². The number of aryl methyl sites for hydroxylation is 1. The minimum Gasteiger partial charge on any atom is -0.487 e. The van der Waals surface area contributed by atoms with Crippen LogP contribution in [0.4, 0.5) is 5.82 Å². The normalized spacial score (nSPS) is 10.2. The van der Waals surface area contributed by atoms with Gasteiger partial charge in [-0.1, -0.05) is 15.9 Å². The van der Waals surface area contributed by atoms with Crippen molar-refractivity contribution < 1.29 is 4.74 Å². The van der Waals surface area contributed by atoms with Gasteiger partial charge in [-0.2, -0.15) is 0 Å². The van der Waals surface area contributed by atoms with Crippen molar-refractivity contribution in [2.45, 2.75) is 13.5 Å². The molecule has 0 amide bonds. The van der Waals surface area contributed by atoms with Gasteiger partial charge in [0.25, 0.3) is 0 Å². The van der Waals surface area contributed by atoms with Crippen LogP contribution in [-0.4, -0.2) is 9.97 Å². The molecule has 0 radical (unpaired) electrons. The Morgan fingerprint density at radius 1 is 1.29 bits per heavy atom. The van der Waals surface area contributed by atoms with Crippen molar-refractivity contribution in [3.05, 3.63) is 46.3 Å². The Balaban J connectivity index is 2.02. The lowest BCUT2D eigenvalue weighted by molar-refractivity contribution is 0.300. The zero-order valence-corrected chi connectivity index (χ0v) is 10.9. The van der Waals surface area contributed by atoms with E-state index in [0.717, 1.165) is 21.5 Å². The highest BCUT2D eigenvalue weighted by Crippen LogP contribution is 2.22. The standard InChI is InChI=1S/C12H12BrN3O/c1-8-4-10(2-3-11(8)13)17-7-9-5-16-12(14)6-15-9/h2-6H,7H2,1H3,(H2,14,16). The zero-order chi connectivity index (χ0) is 12.3. The Kier molecular flexibility index (Phi) is 3.58. The summed E-state index contributed by atoms with van der Waals surface area (Å²) in [5.41, 5.74) is 7.33. The Hall–Kier alpha value is -1.62. The van der Waals surface area contributed by atoms with Gasteiger partial charge in [-0.3, -0.25) is 4.98 Å². The van der Waals surface area contributed by atoms with Gasteiger partial charge < -0.3 is 10.5 Å². The Morgan fingerprint density at radius 3 is 2.76 bits per heavy atom. The molecule has 2 aromatic rings. The first kappa shape index (κ1) is 11.9. The summed E-state index contributed by atoms with van der Waals surface area (Å²) in [7, 11) is 0. The van der Waals surface area contributed by atoms with E-state index < -0.39 is 0 Å². The number of hydrogen-bond acceptors (Lipinski definition) is 4. The van der Waals surface area contributed by atoms with Gasteiger partial charge in [-0.25, -0.2) is 4.98 Å². The fourth-order valence-corrected chi connectivity index (χ4v) is 1.55. The maximum absolute atomic E-state index is 5.60. The highest BCUT2D eigenvalue weighted by atomic mass is 79.9. The lowest BCUT2D eigenvalue weighted by Gasteiger charge is -2.07. The molecule has 0 aliphatic heterocycles. The van der Waals surface area contributed by atoms with E-state index >= 15 is 0 Å². The van der Waals surface area contributed by atoms with Crippen molar-refractivity contribution in [1.29, 1.82) is 0 Å². The summed E-state index contributed by atoms with van der Waals surface area (Å²) < 4.78 is 6.67. The molecule has 1 heterocycles. The molecule has 2 rings (SSSR count). The number of anilines is 1. The molecule has 0 aliphatic carbocycles. The van der Waals surface area contributed by atoms with E-state index in [-0.39, 0.29) is 0 Å². The Labute approximate surface area is 108 Å². The molecule has 0 unspecified atom stereocenters. The first-order valence-corrected chi connectivity index (χ1v) is 5.90. The van der Waals surface area contributed by atoms with Crippen LogP contribution < -0.4 is 10.5 Å². The third-order valence-electron chi connectivity index (χ3n) is 2.24. The minimum atomic E-state index is 0.383. The third-order valence-corrected chi connectivity index (χ3v) is 3.13. The summed E-state index contributed by atoms with van der Waals surface area (Å²) in [5, 5.41) is 0. The van der Waals surface area contributed by atoms with Crippen molar-refractivity contribution in [2.24, 2.45) is 0 Å². The van der Waals surface area contributed by atoms with Crippen LogP contribution >= 0.6 is 15.9 Å². The quantitative estimate of drug-likeness (QED) is 0.945. The molecule has 0 saturated heterocycles. The van der Waals surface area contributed by atoms with Gasteiger partial charge in [0.2, 0.25) is 0 Å². The molecular weight excluding hydrogens is 282 g/mol. The summed E-state index contributed by atoms with van der Waals surface area (Å²) in [6, 6.07) is 5.83. The van der Waals surface area contributed by atoms with E-state index in [1.807, 2.05) is 25.1 Å². The van der Waals surface area contributed by atoms with Gasteiger partial charge in [-0.05, 0) is 30.7 Å². The zero-order valence-electron chi connectivity index (χ0n) is 9.35. The smallest absolute Gasteiger partial charge is 0.141 e. The van der Waals surface area contributed by atoms with E-state index in [4.69, 9.17) is 10.5 Å². The molecule has 0 aliphatic rings. The fourth-order valence-electron chi connectivity index (χ4n) is 1.30. The maximum atomic E-state index is 5.60. The van der Waals surface area contributed by atoms with Gasteiger partial charge in [0, 0.05) is 4.47 Å². The molecule has 88 valence electrons. The molecule has 0 bridgehead atoms. The van der Waals surface area contributed by atoms with Crippen molar-refractivity contribution in [3.8, 4) is 5.75 Å².